The molecule has 0 atom stereocenters. The summed E-state index contributed by atoms with van der Waals surface area (Å²) in [4.78, 5) is 45.6. The van der Waals surface area contributed by atoms with Crippen molar-refractivity contribution < 1.29 is 9.59 Å². The number of anilines is 2. The largest absolute Gasteiger partial charge is 0.366 e. The van der Waals surface area contributed by atoms with Gasteiger partial charge in [-0.2, -0.15) is 9.98 Å². The molecule has 1 aromatic heterocycles. The zero-order valence-corrected chi connectivity index (χ0v) is 12.2. The summed E-state index contributed by atoms with van der Waals surface area (Å²) in [6, 6.07) is 7.42. The first-order valence-corrected chi connectivity index (χ1v) is 6.82. The molecule has 2 aromatic rings. The third-order valence-electron chi connectivity index (χ3n) is 3.37. The number of carbonyl (C=O) groups is 2. The van der Waals surface area contributed by atoms with Crippen molar-refractivity contribution in [2.45, 2.75) is 13.3 Å². The summed E-state index contributed by atoms with van der Waals surface area (Å²) in [5.41, 5.74) is 6.27. The minimum atomic E-state index is -0.832. The van der Waals surface area contributed by atoms with Gasteiger partial charge in [-0.3, -0.25) is 19.4 Å². The number of H-pyrrole nitrogens is 1. The number of nitrogens with two attached hydrogens (primary N) is 1. The van der Waals surface area contributed by atoms with E-state index < -0.39 is 17.4 Å². The fraction of sp³-hybridized carbons (Fsp3) is 0.133. The summed E-state index contributed by atoms with van der Waals surface area (Å²) in [7, 11) is 0. The third kappa shape index (κ3) is 2.86. The van der Waals surface area contributed by atoms with Gasteiger partial charge in [-0.15, -0.1) is 0 Å². The molecule has 23 heavy (non-hydrogen) atoms. The molecule has 0 unspecified atom stereocenters. The number of carbonyl (C=O) groups excluding carboxylic acids is 2. The lowest BCUT2D eigenvalue weighted by Gasteiger charge is -2.08. The van der Waals surface area contributed by atoms with Crippen LogP contribution in [0.3, 0.4) is 0 Å². The Kier molecular flexibility index (Phi) is 3.49. The SMILES string of the molecule is Cc1ccc(Nc2nc3c(c(=O)[nH]2)=C(C(N)=O)CC(=O)N=3)cc1. The molecule has 0 saturated heterocycles. The number of nitrogens with zero attached hydrogens (tertiary/aromatic N) is 2. The Morgan fingerprint density at radius 2 is 1.96 bits per heavy atom. The van der Waals surface area contributed by atoms with Crippen molar-refractivity contribution in [2.24, 2.45) is 10.7 Å². The number of fused-ring (bicyclic) bond motifs is 1. The van der Waals surface area contributed by atoms with Crippen LogP contribution in [0.5, 0.6) is 0 Å². The number of benzene rings is 1. The smallest absolute Gasteiger partial charge is 0.262 e. The Hall–Kier alpha value is -3.29. The molecule has 3 rings (SSSR count). The van der Waals surface area contributed by atoms with Gasteiger partial charge in [-0.1, -0.05) is 17.7 Å². The van der Waals surface area contributed by atoms with Crippen LogP contribution in [0.15, 0.2) is 34.1 Å². The van der Waals surface area contributed by atoms with Crippen LogP contribution in [0.4, 0.5) is 11.6 Å². The van der Waals surface area contributed by atoms with Crippen molar-refractivity contribution in [1.82, 2.24) is 9.97 Å². The van der Waals surface area contributed by atoms with E-state index in [9.17, 15) is 14.4 Å². The van der Waals surface area contributed by atoms with Crippen LogP contribution < -0.4 is 27.3 Å². The number of nitrogens with one attached hydrogen (secondary N) is 2. The lowest BCUT2D eigenvalue weighted by atomic mass is 10.1. The molecule has 0 radical (unpaired) electrons. The summed E-state index contributed by atoms with van der Waals surface area (Å²) in [5.74, 6) is -1.27. The minimum absolute atomic E-state index is 0.0495. The molecule has 1 aliphatic heterocycles. The first kappa shape index (κ1) is 14.6. The molecule has 4 N–H and O–H groups in total. The van der Waals surface area contributed by atoms with Gasteiger partial charge in [-0.25, -0.2) is 0 Å². The molecular weight excluding hydrogens is 298 g/mol. The molecule has 0 fully saturated rings. The first-order valence-electron chi connectivity index (χ1n) is 6.82. The van der Waals surface area contributed by atoms with Crippen LogP contribution >= 0.6 is 0 Å². The van der Waals surface area contributed by atoms with Crippen LogP contribution in [0.2, 0.25) is 0 Å². The summed E-state index contributed by atoms with van der Waals surface area (Å²) >= 11 is 0. The van der Waals surface area contributed by atoms with Crippen LogP contribution in [-0.4, -0.2) is 21.8 Å². The second-order valence-electron chi connectivity index (χ2n) is 5.13. The second-order valence-corrected chi connectivity index (χ2v) is 5.13. The lowest BCUT2D eigenvalue weighted by molar-refractivity contribution is -0.119. The van der Waals surface area contributed by atoms with E-state index in [-0.39, 0.29) is 28.6 Å². The van der Waals surface area contributed by atoms with Crippen molar-refractivity contribution in [2.75, 3.05) is 5.32 Å². The number of aromatic amines is 1. The van der Waals surface area contributed by atoms with Gasteiger partial charge in [0.15, 0.2) is 5.49 Å². The number of rotatable bonds is 3. The standard InChI is InChI=1S/C15H13N5O3/c1-7-2-4-8(5-3-7)17-15-19-13-11(14(23)20-15)9(12(16)22)6-10(21)18-13/h2-5H,6H2,1H3,(H2,16,22)(H2,17,18,19,20,21,23). The molecule has 0 saturated carbocycles. The summed E-state index contributed by atoms with van der Waals surface area (Å²) in [5, 5.41) is 2.87. The molecule has 1 aliphatic rings. The fourth-order valence-corrected chi connectivity index (χ4v) is 2.25. The van der Waals surface area contributed by atoms with Crippen LogP contribution in [0, 0.1) is 6.92 Å². The molecule has 2 heterocycles. The van der Waals surface area contributed by atoms with Gasteiger partial charge in [0.2, 0.25) is 11.9 Å². The van der Waals surface area contributed by atoms with Crippen LogP contribution in [-0.2, 0) is 9.59 Å². The molecule has 1 aromatic carbocycles. The maximum absolute atomic E-state index is 12.2. The van der Waals surface area contributed by atoms with Crippen molar-refractivity contribution in [1.29, 1.82) is 0 Å². The zero-order chi connectivity index (χ0) is 16.6. The van der Waals surface area contributed by atoms with Crippen molar-refractivity contribution in [3.63, 3.8) is 0 Å². The van der Waals surface area contributed by atoms with Crippen LogP contribution in [0.25, 0.3) is 5.57 Å². The van der Waals surface area contributed by atoms with Gasteiger partial charge in [0.1, 0.15) is 0 Å². The van der Waals surface area contributed by atoms with E-state index in [2.05, 4.69) is 20.3 Å². The average Bonchev–Trinajstić information content (AvgIpc) is 2.48. The van der Waals surface area contributed by atoms with E-state index >= 15 is 0 Å². The van der Waals surface area contributed by atoms with Gasteiger partial charge in [0.05, 0.1) is 11.6 Å². The number of aromatic nitrogens is 2. The average molecular weight is 311 g/mol. The quantitative estimate of drug-likeness (QED) is 0.670. The maximum atomic E-state index is 12.2. The Bertz CT molecular complexity index is 989. The van der Waals surface area contributed by atoms with Gasteiger partial charge in [0.25, 0.3) is 11.5 Å². The topological polar surface area (TPSA) is 130 Å². The van der Waals surface area contributed by atoms with E-state index in [1.54, 1.807) is 0 Å². The minimum Gasteiger partial charge on any atom is -0.366 e. The summed E-state index contributed by atoms with van der Waals surface area (Å²) in [6.07, 6.45) is -0.294. The number of hydrogen-bond donors (Lipinski definition) is 3. The normalized spacial score (nSPS) is 13.3. The van der Waals surface area contributed by atoms with E-state index in [4.69, 9.17) is 5.73 Å². The monoisotopic (exact) mass is 311 g/mol. The lowest BCUT2D eigenvalue weighted by Crippen LogP contribution is -2.49. The van der Waals surface area contributed by atoms with Gasteiger partial charge >= 0.3 is 0 Å². The first-order chi connectivity index (χ1) is 10.9. The predicted octanol–water partition coefficient (Wildman–Crippen LogP) is -0.992. The molecule has 0 spiro atoms. The third-order valence-corrected chi connectivity index (χ3v) is 3.37. The summed E-state index contributed by atoms with van der Waals surface area (Å²) in [6.45, 7) is 1.95. The van der Waals surface area contributed by atoms with E-state index in [1.807, 2.05) is 31.2 Å². The Labute approximate surface area is 129 Å². The molecule has 8 nitrogen and oxygen atoms in total. The highest BCUT2D eigenvalue weighted by molar-refractivity contribution is 6.17. The Balaban J connectivity index is 2.14. The number of aryl methyl sites for hydroxylation is 1. The highest BCUT2D eigenvalue weighted by Crippen LogP contribution is 2.11. The second kappa shape index (κ2) is 5.48. The molecule has 0 bridgehead atoms. The number of amides is 2. The molecule has 0 aliphatic carbocycles. The Morgan fingerprint density at radius 3 is 2.61 bits per heavy atom. The number of hydrogen-bond acceptors (Lipinski definition) is 5. The predicted molar refractivity (Wildman–Crippen MR) is 82.3 cm³/mol. The maximum Gasteiger partial charge on any atom is 0.262 e. The van der Waals surface area contributed by atoms with Gasteiger partial charge < -0.3 is 11.1 Å². The van der Waals surface area contributed by atoms with Crippen molar-refractivity contribution in [3.8, 4) is 0 Å². The van der Waals surface area contributed by atoms with Gasteiger partial charge in [-0.05, 0) is 19.1 Å². The molecule has 116 valence electrons. The van der Waals surface area contributed by atoms with Gasteiger partial charge in [0, 0.05) is 11.3 Å². The Morgan fingerprint density at radius 1 is 1.26 bits per heavy atom. The highest BCUT2D eigenvalue weighted by Gasteiger charge is 2.20. The van der Waals surface area contributed by atoms with Crippen molar-refractivity contribution >= 4 is 29.0 Å². The summed E-state index contributed by atoms with van der Waals surface area (Å²) < 4.78 is 0. The van der Waals surface area contributed by atoms with Crippen molar-refractivity contribution in [3.05, 3.63) is 50.9 Å². The van der Waals surface area contributed by atoms with E-state index in [0.29, 0.717) is 5.69 Å². The molecule has 8 heteroatoms. The number of primary amides is 1. The zero-order valence-electron chi connectivity index (χ0n) is 12.2. The molecule has 2 amide bonds. The van der Waals surface area contributed by atoms with Crippen LogP contribution in [0.1, 0.15) is 12.0 Å². The highest BCUT2D eigenvalue weighted by atomic mass is 16.2. The van der Waals surface area contributed by atoms with E-state index in [1.165, 1.54) is 0 Å². The fourth-order valence-electron chi connectivity index (χ4n) is 2.25. The van der Waals surface area contributed by atoms with E-state index in [0.717, 1.165) is 5.56 Å². The molecular formula is C15H13N5O3.